The lowest BCUT2D eigenvalue weighted by atomic mass is 10.3. The average Bonchev–Trinajstić information content (AvgIpc) is 2.27. The molecule has 0 saturated carbocycles. The van der Waals surface area contributed by atoms with E-state index in [9.17, 15) is 4.79 Å². The molecular weight excluding hydrogens is 307 g/mol. The van der Waals surface area contributed by atoms with Gasteiger partial charge in [-0.15, -0.1) is 12.4 Å². The van der Waals surface area contributed by atoms with Crippen LogP contribution in [0.1, 0.15) is 0 Å². The lowest BCUT2D eigenvalue weighted by Crippen LogP contribution is -2.33. The van der Waals surface area contributed by atoms with Crippen LogP contribution in [0, 0.1) is 0 Å². The Hall–Kier alpha value is -0.780. The summed E-state index contributed by atoms with van der Waals surface area (Å²) in [5.74, 6) is 0.563. The number of halogens is 2. The minimum atomic E-state index is -0.116. The van der Waals surface area contributed by atoms with Crippen molar-refractivity contribution in [3.8, 4) is 5.75 Å². The van der Waals surface area contributed by atoms with Crippen LogP contribution in [0.15, 0.2) is 28.7 Å². The number of ether oxygens (including phenoxy) is 1. The molecule has 0 aliphatic rings. The number of carbonyl (C=O) groups excluding carboxylic acids is 1. The summed E-state index contributed by atoms with van der Waals surface area (Å²) in [6, 6.07) is 7.39. The fraction of sp³-hybridized carbons (Fsp3) is 0.364. The highest BCUT2D eigenvalue weighted by Gasteiger charge is 2.01. The van der Waals surface area contributed by atoms with Gasteiger partial charge in [0, 0.05) is 17.6 Å². The van der Waals surface area contributed by atoms with Crippen molar-refractivity contribution in [3.63, 3.8) is 0 Å². The Kier molecular flexibility index (Phi) is 8.85. The smallest absolute Gasteiger partial charge is 0.257 e. The fourth-order valence-electron chi connectivity index (χ4n) is 1.08. The van der Waals surface area contributed by atoms with Gasteiger partial charge in [0.2, 0.25) is 0 Å². The van der Waals surface area contributed by atoms with Gasteiger partial charge in [0.15, 0.2) is 6.61 Å². The molecule has 1 amide bonds. The van der Waals surface area contributed by atoms with Gasteiger partial charge in [0.25, 0.3) is 5.91 Å². The van der Waals surface area contributed by atoms with Crippen LogP contribution in [-0.2, 0) is 4.79 Å². The molecule has 1 aromatic carbocycles. The van der Waals surface area contributed by atoms with Crippen LogP contribution >= 0.6 is 28.3 Å². The second-order valence-corrected chi connectivity index (χ2v) is 4.12. The van der Waals surface area contributed by atoms with Gasteiger partial charge >= 0.3 is 0 Å². The van der Waals surface area contributed by atoms with E-state index >= 15 is 0 Å². The van der Waals surface area contributed by atoms with Gasteiger partial charge in [-0.05, 0) is 25.2 Å². The second-order valence-electron chi connectivity index (χ2n) is 3.20. The van der Waals surface area contributed by atoms with Gasteiger partial charge in [0.05, 0.1) is 0 Å². The maximum Gasteiger partial charge on any atom is 0.257 e. The van der Waals surface area contributed by atoms with Gasteiger partial charge < -0.3 is 15.4 Å². The van der Waals surface area contributed by atoms with Crippen molar-refractivity contribution in [2.24, 2.45) is 0 Å². The maximum atomic E-state index is 11.3. The second kappa shape index (κ2) is 9.27. The van der Waals surface area contributed by atoms with Gasteiger partial charge in [-0.25, -0.2) is 0 Å². The first-order valence-electron chi connectivity index (χ1n) is 5.02. The number of nitrogens with one attached hydrogen (secondary N) is 2. The van der Waals surface area contributed by atoms with E-state index in [0.29, 0.717) is 12.3 Å². The van der Waals surface area contributed by atoms with Crippen molar-refractivity contribution >= 4 is 34.2 Å². The van der Waals surface area contributed by atoms with Crippen LogP contribution in [0.2, 0.25) is 0 Å². The normalized spacial score (nSPS) is 9.29. The largest absolute Gasteiger partial charge is 0.484 e. The van der Waals surface area contributed by atoms with Gasteiger partial charge in [-0.1, -0.05) is 22.0 Å². The molecule has 0 aliphatic carbocycles. The lowest BCUT2D eigenvalue weighted by Gasteiger charge is -2.07. The molecule has 0 saturated heterocycles. The quantitative estimate of drug-likeness (QED) is 0.782. The van der Waals surface area contributed by atoms with E-state index < -0.39 is 0 Å². The molecule has 0 unspecified atom stereocenters. The molecule has 0 radical (unpaired) electrons. The molecule has 17 heavy (non-hydrogen) atoms. The van der Waals surface area contributed by atoms with Crippen LogP contribution in [0.4, 0.5) is 0 Å². The molecule has 4 nitrogen and oxygen atoms in total. The van der Waals surface area contributed by atoms with Gasteiger partial charge in [0.1, 0.15) is 5.75 Å². The minimum absolute atomic E-state index is 0. The molecular formula is C11H16BrClN2O2. The van der Waals surface area contributed by atoms with Crippen LogP contribution < -0.4 is 15.4 Å². The summed E-state index contributed by atoms with van der Waals surface area (Å²) >= 11 is 3.33. The zero-order valence-electron chi connectivity index (χ0n) is 9.53. The highest BCUT2D eigenvalue weighted by Crippen LogP contribution is 2.17. The summed E-state index contributed by atoms with van der Waals surface area (Å²) in [4.78, 5) is 11.3. The van der Waals surface area contributed by atoms with Crippen LogP contribution in [0.3, 0.4) is 0 Å². The minimum Gasteiger partial charge on any atom is -0.484 e. The van der Waals surface area contributed by atoms with E-state index in [-0.39, 0.29) is 24.9 Å². The number of likely N-dealkylation sites (N-methyl/N-ethyl adjacent to an activating group) is 1. The summed E-state index contributed by atoms with van der Waals surface area (Å²) in [5.41, 5.74) is 0. The number of hydrogen-bond acceptors (Lipinski definition) is 3. The summed E-state index contributed by atoms with van der Waals surface area (Å²) in [6.07, 6.45) is 0. The molecule has 96 valence electrons. The zero-order chi connectivity index (χ0) is 11.8. The fourth-order valence-corrected chi connectivity index (χ4v) is 1.46. The Labute approximate surface area is 116 Å². The molecule has 0 aromatic heterocycles. The lowest BCUT2D eigenvalue weighted by molar-refractivity contribution is -0.123. The van der Waals surface area contributed by atoms with Crippen LogP contribution in [-0.4, -0.2) is 32.7 Å². The first-order chi connectivity index (χ1) is 7.72. The molecule has 1 rings (SSSR count). The number of hydrogen-bond donors (Lipinski definition) is 2. The van der Waals surface area contributed by atoms with Crippen LogP contribution in [0.5, 0.6) is 5.75 Å². The third-order valence-corrected chi connectivity index (χ3v) is 2.36. The number of rotatable bonds is 6. The summed E-state index contributed by atoms with van der Waals surface area (Å²) in [5, 5.41) is 5.67. The predicted octanol–water partition coefficient (Wildman–Crippen LogP) is 1.59. The highest BCUT2D eigenvalue weighted by atomic mass is 79.9. The molecule has 0 bridgehead atoms. The number of benzene rings is 1. The molecule has 0 aliphatic heterocycles. The van der Waals surface area contributed by atoms with E-state index in [2.05, 4.69) is 26.6 Å². The summed E-state index contributed by atoms with van der Waals surface area (Å²) < 4.78 is 6.25. The van der Waals surface area contributed by atoms with Crippen molar-refractivity contribution < 1.29 is 9.53 Å². The topological polar surface area (TPSA) is 50.4 Å². The van der Waals surface area contributed by atoms with E-state index in [1.807, 2.05) is 31.3 Å². The summed E-state index contributed by atoms with van der Waals surface area (Å²) in [6.45, 7) is 1.40. The maximum absolute atomic E-state index is 11.3. The third kappa shape index (κ3) is 7.20. The van der Waals surface area contributed by atoms with Crippen molar-refractivity contribution in [2.75, 3.05) is 26.7 Å². The molecule has 1 aromatic rings. The van der Waals surface area contributed by atoms with E-state index in [1.54, 1.807) is 0 Å². The first kappa shape index (κ1) is 16.2. The third-order valence-electron chi connectivity index (χ3n) is 1.86. The first-order valence-corrected chi connectivity index (χ1v) is 5.81. The Balaban J connectivity index is 0.00000256. The number of amides is 1. The molecule has 0 fully saturated rings. The van der Waals surface area contributed by atoms with Crippen molar-refractivity contribution in [1.82, 2.24) is 10.6 Å². The molecule has 6 heteroatoms. The molecule has 0 atom stereocenters. The van der Waals surface area contributed by atoms with E-state index in [4.69, 9.17) is 4.74 Å². The monoisotopic (exact) mass is 322 g/mol. The molecule has 2 N–H and O–H groups in total. The molecule has 0 spiro atoms. The van der Waals surface area contributed by atoms with Crippen molar-refractivity contribution in [1.29, 1.82) is 0 Å². The SMILES string of the molecule is CNCCNC(=O)COc1cccc(Br)c1.Cl. The predicted molar refractivity (Wildman–Crippen MR) is 73.8 cm³/mol. The van der Waals surface area contributed by atoms with E-state index in [1.165, 1.54) is 0 Å². The highest BCUT2D eigenvalue weighted by molar-refractivity contribution is 9.10. The Morgan fingerprint density at radius 3 is 2.82 bits per heavy atom. The molecule has 0 heterocycles. The van der Waals surface area contributed by atoms with Crippen molar-refractivity contribution in [3.05, 3.63) is 28.7 Å². The van der Waals surface area contributed by atoms with E-state index in [0.717, 1.165) is 11.0 Å². The number of carbonyl (C=O) groups is 1. The van der Waals surface area contributed by atoms with Crippen LogP contribution in [0.25, 0.3) is 0 Å². The van der Waals surface area contributed by atoms with Crippen molar-refractivity contribution in [2.45, 2.75) is 0 Å². The summed E-state index contributed by atoms with van der Waals surface area (Å²) in [7, 11) is 1.84. The Morgan fingerprint density at radius 2 is 2.18 bits per heavy atom. The Bertz CT molecular complexity index is 350. The standard InChI is InChI=1S/C11H15BrN2O2.ClH/c1-13-5-6-14-11(15)8-16-10-4-2-3-9(12)7-10;/h2-4,7,13H,5-6,8H2,1H3,(H,14,15);1H. The Morgan fingerprint density at radius 1 is 1.41 bits per heavy atom. The average molecular weight is 324 g/mol. The zero-order valence-corrected chi connectivity index (χ0v) is 11.9. The van der Waals surface area contributed by atoms with Gasteiger partial charge in [-0.2, -0.15) is 0 Å². The van der Waals surface area contributed by atoms with Gasteiger partial charge in [-0.3, -0.25) is 4.79 Å².